The number of aliphatic hydroxyl groups is 1. The van der Waals surface area contributed by atoms with E-state index in [1.807, 2.05) is 106 Å². The molecule has 0 saturated carbocycles. The average molecular weight is 642 g/mol. The lowest BCUT2D eigenvalue weighted by Crippen LogP contribution is -2.55. The number of carbonyl (C=O) groups is 1. The standard InChI is InChI=1S/C42H47N3O3/c1-42(2,3)45(41(47)48)37(27-32-15-7-4-8-16-32)29-40(46)39(28-33-22-24-36(25-23-33)38-21-13-14-26-43-38)44(30-34-17-9-5-10-18-34)31-35-19-11-6-12-20-35/h4-26,37,39-40,46H,27-31H2,1-3H3,(H,47,48)/t37-,39-,40-/m0/s1. The van der Waals surface area contributed by atoms with Gasteiger partial charge in [0, 0.05) is 42.5 Å². The van der Waals surface area contributed by atoms with Crippen LogP contribution in [-0.2, 0) is 25.9 Å². The van der Waals surface area contributed by atoms with Crippen molar-refractivity contribution < 1.29 is 15.0 Å². The molecular weight excluding hydrogens is 594 g/mol. The fourth-order valence-electron chi connectivity index (χ4n) is 6.61. The molecule has 1 heterocycles. The zero-order chi connectivity index (χ0) is 33.9. The lowest BCUT2D eigenvalue weighted by molar-refractivity contribution is 0.00188. The van der Waals surface area contributed by atoms with Crippen molar-refractivity contribution in [1.82, 2.24) is 14.8 Å². The molecule has 5 rings (SSSR count). The number of carboxylic acid groups (broad SMARTS) is 1. The number of aromatic nitrogens is 1. The van der Waals surface area contributed by atoms with Crippen LogP contribution in [0.25, 0.3) is 11.3 Å². The van der Waals surface area contributed by atoms with Crippen LogP contribution in [0.5, 0.6) is 0 Å². The molecule has 0 spiro atoms. The quantitative estimate of drug-likeness (QED) is 0.127. The van der Waals surface area contributed by atoms with E-state index in [1.54, 1.807) is 6.20 Å². The lowest BCUT2D eigenvalue weighted by atomic mass is 9.89. The molecule has 4 aromatic carbocycles. The first kappa shape index (κ1) is 34.6. The van der Waals surface area contributed by atoms with Crippen molar-refractivity contribution in [3.8, 4) is 11.3 Å². The predicted octanol–water partition coefficient (Wildman–Crippen LogP) is 8.50. The summed E-state index contributed by atoms with van der Waals surface area (Å²) >= 11 is 0. The molecule has 0 fully saturated rings. The number of pyridine rings is 1. The molecule has 0 saturated heterocycles. The smallest absolute Gasteiger partial charge is 0.407 e. The summed E-state index contributed by atoms with van der Waals surface area (Å²) in [4.78, 5) is 21.2. The Balaban J connectivity index is 1.52. The fourth-order valence-corrected chi connectivity index (χ4v) is 6.61. The van der Waals surface area contributed by atoms with Gasteiger partial charge in [0.05, 0.1) is 11.8 Å². The van der Waals surface area contributed by atoms with Crippen LogP contribution in [0.4, 0.5) is 4.79 Å². The van der Waals surface area contributed by atoms with Crippen molar-refractivity contribution in [2.75, 3.05) is 0 Å². The van der Waals surface area contributed by atoms with E-state index in [2.05, 4.69) is 58.4 Å². The van der Waals surface area contributed by atoms with Crippen molar-refractivity contribution in [1.29, 1.82) is 0 Å². The summed E-state index contributed by atoms with van der Waals surface area (Å²) in [6, 6.07) is 44.2. The lowest BCUT2D eigenvalue weighted by Gasteiger charge is -2.43. The van der Waals surface area contributed by atoms with Gasteiger partial charge in [0.2, 0.25) is 0 Å². The summed E-state index contributed by atoms with van der Waals surface area (Å²) < 4.78 is 0. The second-order valence-electron chi connectivity index (χ2n) is 13.5. The maximum Gasteiger partial charge on any atom is 0.407 e. The van der Waals surface area contributed by atoms with Crippen LogP contribution in [0.2, 0.25) is 0 Å². The SMILES string of the molecule is CC(C)(C)N(C(=O)O)[C@@H](Cc1ccccc1)C[C@H](O)[C@H](Cc1ccc(-c2ccccn2)cc1)N(Cc1ccccc1)Cc1ccccc1. The molecule has 0 radical (unpaired) electrons. The van der Waals surface area contributed by atoms with Gasteiger partial charge in [-0.25, -0.2) is 4.79 Å². The van der Waals surface area contributed by atoms with Gasteiger partial charge in [0.1, 0.15) is 0 Å². The van der Waals surface area contributed by atoms with Gasteiger partial charge in [-0.2, -0.15) is 0 Å². The summed E-state index contributed by atoms with van der Waals surface area (Å²) in [6.45, 7) is 7.03. The Bertz CT molecular complexity index is 1630. The van der Waals surface area contributed by atoms with Crippen LogP contribution in [-0.4, -0.2) is 54.8 Å². The number of rotatable bonds is 14. The highest BCUT2D eigenvalue weighted by molar-refractivity contribution is 5.66. The number of aliphatic hydroxyl groups excluding tert-OH is 1. The van der Waals surface area contributed by atoms with E-state index in [0.29, 0.717) is 25.9 Å². The Morgan fingerprint density at radius 1 is 0.667 bits per heavy atom. The molecule has 1 aromatic heterocycles. The van der Waals surface area contributed by atoms with Crippen LogP contribution in [0.1, 0.15) is 49.4 Å². The maximum atomic E-state index is 12.8. The Hall–Kier alpha value is -4.78. The first-order valence-corrected chi connectivity index (χ1v) is 16.7. The third-order valence-electron chi connectivity index (χ3n) is 8.85. The molecule has 0 bridgehead atoms. The third kappa shape index (κ3) is 9.63. The van der Waals surface area contributed by atoms with Crippen LogP contribution in [0, 0.1) is 0 Å². The molecule has 0 aliphatic heterocycles. The molecule has 1 amide bonds. The van der Waals surface area contributed by atoms with Crippen LogP contribution in [0.3, 0.4) is 0 Å². The minimum Gasteiger partial charge on any atom is -0.465 e. The van der Waals surface area contributed by atoms with Crippen LogP contribution >= 0.6 is 0 Å². The van der Waals surface area contributed by atoms with Crippen molar-refractivity contribution >= 4 is 6.09 Å². The third-order valence-corrected chi connectivity index (χ3v) is 8.85. The van der Waals surface area contributed by atoms with E-state index in [9.17, 15) is 15.0 Å². The molecule has 248 valence electrons. The molecule has 2 N–H and O–H groups in total. The molecular formula is C42H47N3O3. The molecule has 0 unspecified atom stereocenters. The van der Waals surface area contributed by atoms with Gasteiger partial charge in [0.25, 0.3) is 0 Å². The first-order valence-electron chi connectivity index (χ1n) is 16.7. The van der Waals surface area contributed by atoms with E-state index in [4.69, 9.17) is 0 Å². The van der Waals surface area contributed by atoms with Gasteiger partial charge < -0.3 is 15.1 Å². The summed E-state index contributed by atoms with van der Waals surface area (Å²) in [5, 5.41) is 22.9. The normalized spacial score (nSPS) is 13.5. The summed E-state index contributed by atoms with van der Waals surface area (Å²) in [5.74, 6) is 0. The maximum absolute atomic E-state index is 12.8. The van der Waals surface area contributed by atoms with Gasteiger partial charge in [0.15, 0.2) is 0 Å². The fraction of sp³-hybridized carbons (Fsp3) is 0.286. The highest BCUT2D eigenvalue weighted by Gasteiger charge is 2.37. The summed E-state index contributed by atoms with van der Waals surface area (Å²) in [5.41, 5.74) is 5.72. The van der Waals surface area contributed by atoms with Crippen molar-refractivity contribution in [2.24, 2.45) is 0 Å². The number of nitrogens with zero attached hydrogens (tertiary/aromatic N) is 3. The number of hydrogen-bond acceptors (Lipinski definition) is 4. The minimum absolute atomic E-state index is 0.287. The van der Waals surface area contributed by atoms with Gasteiger partial charge >= 0.3 is 6.09 Å². The molecule has 48 heavy (non-hydrogen) atoms. The Morgan fingerprint density at radius 2 is 1.17 bits per heavy atom. The highest BCUT2D eigenvalue weighted by atomic mass is 16.4. The Labute approximate surface area is 285 Å². The molecule has 3 atom stereocenters. The summed E-state index contributed by atoms with van der Waals surface area (Å²) in [7, 11) is 0. The number of benzene rings is 4. The average Bonchev–Trinajstić information content (AvgIpc) is 3.08. The predicted molar refractivity (Wildman–Crippen MR) is 193 cm³/mol. The van der Waals surface area contributed by atoms with E-state index < -0.39 is 23.8 Å². The van der Waals surface area contributed by atoms with E-state index in [0.717, 1.165) is 33.5 Å². The van der Waals surface area contributed by atoms with Crippen molar-refractivity contribution in [3.05, 3.63) is 162 Å². The zero-order valence-corrected chi connectivity index (χ0v) is 28.2. The number of amides is 1. The van der Waals surface area contributed by atoms with E-state index in [-0.39, 0.29) is 12.5 Å². The number of hydrogen-bond donors (Lipinski definition) is 2. The highest BCUT2D eigenvalue weighted by Crippen LogP contribution is 2.28. The zero-order valence-electron chi connectivity index (χ0n) is 28.2. The molecule has 5 aromatic rings. The van der Waals surface area contributed by atoms with E-state index in [1.165, 1.54) is 4.90 Å². The van der Waals surface area contributed by atoms with Gasteiger partial charge in [-0.3, -0.25) is 9.88 Å². The second-order valence-corrected chi connectivity index (χ2v) is 13.5. The first-order chi connectivity index (χ1) is 23.2. The second kappa shape index (κ2) is 16.4. The Kier molecular flexibility index (Phi) is 11.8. The van der Waals surface area contributed by atoms with Crippen LogP contribution in [0.15, 0.2) is 140 Å². The Morgan fingerprint density at radius 3 is 1.65 bits per heavy atom. The van der Waals surface area contributed by atoms with Crippen molar-refractivity contribution in [3.63, 3.8) is 0 Å². The van der Waals surface area contributed by atoms with Crippen LogP contribution < -0.4 is 0 Å². The monoisotopic (exact) mass is 641 g/mol. The molecule has 0 aliphatic rings. The van der Waals surface area contributed by atoms with E-state index >= 15 is 0 Å². The van der Waals surface area contributed by atoms with Gasteiger partial charge in [-0.05, 0) is 74.4 Å². The topological polar surface area (TPSA) is 76.9 Å². The molecule has 6 nitrogen and oxygen atoms in total. The van der Waals surface area contributed by atoms with Gasteiger partial charge in [-0.15, -0.1) is 0 Å². The van der Waals surface area contributed by atoms with Crippen molar-refractivity contribution in [2.45, 2.75) is 76.8 Å². The molecule has 6 heteroatoms. The van der Waals surface area contributed by atoms with Gasteiger partial charge in [-0.1, -0.05) is 121 Å². The summed E-state index contributed by atoms with van der Waals surface area (Å²) in [6.07, 6.45) is 1.36. The minimum atomic E-state index is -0.984. The largest absolute Gasteiger partial charge is 0.465 e. The molecule has 0 aliphatic carbocycles.